The van der Waals surface area contributed by atoms with Gasteiger partial charge in [-0.3, -0.25) is 0 Å². The van der Waals surface area contributed by atoms with Crippen LogP contribution in [0.25, 0.3) is 0 Å². The minimum Gasteiger partial charge on any atom is -0.386 e. The fraction of sp³-hybridized carbons (Fsp3) is 0.800. The monoisotopic (exact) mass is 156 g/mol. The van der Waals surface area contributed by atoms with Crippen LogP contribution in [0.5, 0.6) is 0 Å². The van der Waals surface area contributed by atoms with E-state index in [4.69, 9.17) is 0 Å². The molecule has 0 bridgehead atoms. The smallest absolute Gasteiger partial charge is 0.0797 e. The van der Waals surface area contributed by atoms with Crippen LogP contribution in [0.3, 0.4) is 0 Å². The third-order valence-corrected chi connectivity index (χ3v) is 1.90. The van der Waals surface area contributed by atoms with Gasteiger partial charge in [0.05, 0.1) is 5.60 Å². The molecule has 0 saturated carbocycles. The van der Waals surface area contributed by atoms with Crippen molar-refractivity contribution in [2.45, 2.75) is 45.6 Å². The largest absolute Gasteiger partial charge is 0.386 e. The SMILES string of the molecule is C=C[C@](C)(O)CCCC(C)C. The molecule has 1 atom stereocenters. The van der Waals surface area contributed by atoms with Gasteiger partial charge >= 0.3 is 0 Å². The van der Waals surface area contributed by atoms with Crippen molar-refractivity contribution < 1.29 is 5.11 Å². The predicted octanol–water partition coefficient (Wildman–Crippen LogP) is 2.75. The van der Waals surface area contributed by atoms with Gasteiger partial charge in [0.2, 0.25) is 0 Å². The normalized spacial score (nSPS) is 16.5. The second kappa shape index (κ2) is 4.55. The summed E-state index contributed by atoms with van der Waals surface area (Å²) in [5.41, 5.74) is -0.658. The molecule has 66 valence electrons. The van der Waals surface area contributed by atoms with Crippen molar-refractivity contribution in [1.82, 2.24) is 0 Å². The van der Waals surface area contributed by atoms with Crippen molar-refractivity contribution in [2.24, 2.45) is 5.92 Å². The molecule has 1 nitrogen and oxygen atoms in total. The summed E-state index contributed by atoms with van der Waals surface area (Å²) in [4.78, 5) is 0. The lowest BCUT2D eigenvalue weighted by Crippen LogP contribution is -2.19. The van der Waals surface area contributed by atoms with Gasteiger partial charge in [-0.1, -0.05) is 32.8 Å². The highest BCUT2D eigenvalue weighted by Gasteiger charge is 2.13. The molecule has 0 aromatic heterocycles. The van der Waals surface area contributed by atoms with Crippen LogP contribution >= 0.6 is 0 Å². The van der Waals surface area contributed by atoms with Crippen molar-refractivity contribution in [3.63, 3.8) is 0 Å². The summed E-state index contributed by atoms with van der Waals surface area (Å²) >= 11 is 0. The van der Waals surface area contributed by atoms with E-state index >= 15 is 0 Å². The Balaban J connectivity index is 3.45. The maximum atomic E-state index is 9.52. The third-order valence-electron chi connectivity index (χ3n) is 1.90. The first-order valence-corrected chi connectivity index (χ1v) is 4.34. The average molecular weight is 156 g/mol. The second-order valence-electron chi connectivity index (χ2n) is 3.85. The zero-order valence-corrected chi connectivity index (χ0v) is 7.93. The van der Waals surface area contributed by atoms with Gasteiger partial charge in [-0.25, -0.2) is 0 Å². The Labute approximate surface area is 70.1 Å². The molecule has 0 aliphatic heterocycles. The van der Waals surface area contributed by atoms with E-state index in [0.717, 1.165) is 18.8 Å². The topological polar surface area (TPSA) is 20.2 Å². The van der Waals surface area contributed by atoms with Gasteiger partial charge in [0, 0.05) is 0 Å². The summed E-state index contributed by atoms with van der Waals surface area (Å²) in [7, 11) is 0. The first-order chi connectivity index (χ1) is 4.98. The van der Waals surface area contributed by atoms with Gasteiger partial charge in [0.1, 0.15) is 0 Å². The van der Waals surface area contributed by atoms with Crippen LogP contribution in [-0.2, 0) is 0 Å². The molecule has 0 heterocycles. The Morgan fingerprint density at radius 2 is 2.09 bits per heavy atom. The van der Waals surface area contributed by atoms with Crippen molar-refractivity contribution in [3.05, 3.63) is 12.7 Å². The molecule has 0 radical (unpaired) electrons. The number of hydrogen-bond acceptors (Lipinski definition) is 1. The molecular weight excluding hydrogens is 136 g/mol. The van der Waals surface area contributed by atoms with Gasteiger partial charge in [-0.15, -0.1) is 6.58 Å². The highest BCUT2D eigenvalue weighted by molar-refractivity contribution is 4.91. The average Bonchev–Trinajstić information content (AvgIpc) is 1.87. The number of rotatable bonds is 5. The van der Waals surface area contributed by atoms with Gasteiger partial charge in [-0.2, -0.15) is 0 Å². The van der Waals surface area contributed by atoms with Crippen LogP contribution in [0.15, 0.2) is 12.7 Å². The highest BCUT2D eigenvalue weighted by Crippen LogP contribution is 2.16. The Morgan fingerprint density at radius 1 is 1.55 bits per heavy atom. The van der Waals surface area contributed by atoms with Crippen LogP contribution in [0.1, 0.15) is 40.0 Å². The van der Waals surface area contributed by atoms with Crippen molar-refractivity contribution in [1.29, 1.82) is 0 Å². The number of hydrogen-bond donors (Lipinski definition) is 1. The molecule has 0 aliphatic carbocycles. The number of aliphatic hydroxyl groups is 1. The molecule has 0 unspecified atom stereocenters. The second-order valence-corrected chi connectivity index (χ2v) is 3.85. The quantitative estimate of drug-likeness (QED) is 0.607. The van der Waals surface area contributed by atoms with E-state index in [1.807, 2.05) is 0 Å². The highest BCUT2D eigenvalue weighted by atomic mass is 16.3. The molecular formula is C10H20O. The standard InChI is InChI=1S/C10H20O/c1-5-10(4,11)8-6-7-9(2)3/h5,9,11H,1,6-8H2,2-4H3/t10-/m0/s1. The molecule has 0 amide bonds. The van der Waals surface area contributed by atoms with Crippen LogP contribution in [0.4, 0.5) is 0 Å². The molecule has 1 N–H and O–H groups in total. The van der Waals surface area contributed by atoms with Crippen LogP contribution in [0, 0.1) is 5.92 Å². The Hall–Kier alpha value is -0.300. The van der Waals surface area contributed by atoms with E-state index in [1.165, 1.54) is 6.42 Å². The van der Waals surface area contributed by atoms with Crippen molar-refractivity contribution in [2.75, 3.05) is 0 Å². The first-order valence-electron chi connectivity index (χ1n) is 4.34. The van der Waals surface area contributed by atoms with Gasteiger partial charge in [-0.05, 0) is 19.3 Å². The van der Waals surface area contributed by atoms with E-state index in [9.17, 15) is 5.11 Å². The van der Waals surface area contributed by atoms with Gasteiger partial charge < -0.3 is 5.11 Å². The van der Waals surface area contributed by atoms with E-state index < -0.39 is 5.60 Å². The molecule has 0 saturated heterocycles. The van der Waals surface area contributed by atoms with E-state index in [0.29, 0.717) is 0 Å². The van der Waals surface area contributed by atoms with E-state index in [2.05, 4.69) is 20.4 Å². The van der Waals surface area contributed by atoms with Crippen LogP contribution in [-0.4, -0.2) is 10.7 Å². The minimum atomic E-state index is -0.658. The fourth-order valence-electron chi connectivity index (χ4n) is 0.970. The fourth-order valence-corrected chi connectivity index (χ4v) is 0.970. The Kier molecular flexibility index (Phi) is 4.43. The Morgan fingerprint density at radius 3 is 2.45 bits per heavy atom. The van der Waals surface area contributed by atoms with Crippen LogP contribution < -0.4 is 0 Å². The molecule has 0 spiro atoms. The molecule has 11 heavy (non-hydrogen) atoms. The lowest BCUT2D eigenvalue weighted by molar-refractivity contribution is 0.0979. The molecule has 0 rings (SSSR count). The summed E-state index contributed by atoms with van der Waals surface area (Å²) in [6.07, 6.45) is 4.71. The van der Waals surface area contributed by atoms with E-state index in [1.54, 1.807) is 13.0 Å². The molecule has 1 heteroatoms. The lowest BCUT2D eigenvalue weighted by atomic mass is 9.96. The van der Waals surface area contributed by atoms with Crippen molar-refractivity contribution >= 4 is 0 Å². The van der Waals surface area contributed by atoms with E-state index in [-0.39, 0.29) is 0 Å². The molecule has 0 aromatic rings. The van der Waals surface area contributed by atoms with Crippen LogP contribution in [0.2, 0.25) is 0 Å². The maximum Gasteiger partial charge on any atom is 0.0797 e. The molecule has 0 fully saturated rings. The van der Waals surface area contributed by atoms with Gasteiger partial charge in [0.25, 0.3) is 0 Å². The summed E-state index contributed by atoms with van der Waals surface area (Å²) in [5.74, 6) is 0.732. The van der Waals surface area contributed by atoms with Gasteiger partial charge in [0.15, 0.2) is 0 Å². The zero-order valence-electron chi connectivity index (χ0n) is 7.93. The summed E-state index contributed by atoms with van der Waals surface area (Å²) in [5, 5.41) is 9.52. The molecule has 0 aromatic carbocycles. The minimum absolute atomic E-state index is 0.658. The first kappa shape index (κ1) is 10.7. The third kappa shape index (κ3) is 6.11. The predicted molar refractivity (Wildman–Crippen MR) is 49.5 cm³/mol. The summed E-state index contributed by atoms with van der Waals surface area (Å²) in [6.45, 7) is 9.78. The lowest BCUT2D eigenvalue weighted by Gasteiger charge is -2.18. The van der Waals surface area contributed by atoms with Crippen molar-refractivity contribution in [3.8, 4) is 0 Å². The summed E-state index contributed by atoms with van der Waals surface area (Å²) < 4.78 is 0. The maximum absolute atomic E-state index is 9.52. The summed E-state index contributed by atoms with van der Waals surface area (Å²) in [6, 6.07) is 0. The Bertz CT molecular complexity index is 114. The zero-order chi connectivity index (χ0) is 8.91. The molecule has 0 aliphatic rings.